The van der Waals surface area contributed by atoms with Crippen molar-refractivity contribution in [3.63, 3.8) is 0 Å². The van der Waals surface area contributed by atoms with Crippen LogP contribution in [0.25, 0.3) is 6.08 Å². The summed E-state index contributed by atoms with van der Waals surface area (Å²) in [4.78, 5) is 26.8. The number of hydrogen-bond acceptors (Lipinski definition) is 5. The van der Waals surface area contributed by atoms with Crippen molar-refractivity contribution in [2.24, 2.45) is 5.92 Å². The van der Waals surface area contributed by atoms with Gasteiger partial charge in [0.2, 0.25) is 0 Å². The van der Waals surface area contributed by atoms with Crippen LogP contribution in [0.15, 0.2) is 17.0 Å². The van der Waals surface area contributed by atoms with Gasteiger partial charge in [-0.2, -0.15) is 0 Å². The Hall–Kier alpha value is -1.66. The standard InChI is InChI=1S/C19H22ClNO4S/c1-24-15-9-13(8-14(20)17(15)25-2)10-16-18(22)21(19(23)26-16)11-12-6-4-3-5-7-12/h8-10,12H,3-7,11H2,1-2H3/b16-10+. The Kier molecular flexibility index (Phi) is 6.14. The Bertz CT molecular complexity index is 743. The average molecular weight is 396 g/mol. The molecule has 2 aliphatic rings. The van der Waals surface area contributed by atoms with E-state index >= 15 is 0 Å². The molecule has 7 heteroatoms. The first kappa shape index (κ1) is 19.1. The first-order chi connectivity index (χ1) is 12.5. The topological polar surface area (TPSA) is 55.8 Å². The number of nitrogens with zero attached hydrogens (tertiary/aromatic N) is 1. The number of halogens is 1. The maximum Gasteiger partial charge on any atom is 0.293 e. The Balaban J connectivity index is 1.80. The largest absolute Gasteiger partial charge is 0.493 e. The zero-order valence-electron chi connectivity index (χ0n) is 14.9. The van der Waals surface area contributed by atoms with Crippen molar-refractivity contribution in [1.82, 2.24) is 4.90 Å². The molecule has 140 valence electrons. The van der Waals surface area contributed by atoms with Gasteiger partial charge >= 0.3 is 0 Å². The van der Waals surface area contributed by atoms with Crippen molar-refractivity contribution in [1.29, 1.82) is 0 Å². The summed E-state index contributed by atoms with van der Waals surface area (Å²) in [5.41, 5.74) is 0.691. The third-order valence-corrected chi connectivity index (χ3v) is 5.98. The molecule has 0 atom stereocenters. The van der Waals surface area contributed by atoms with Gasteiger partial charge in [0, 0.05) is 6.54 Å². The predicted molar refractivity (Wildman–Crippen MR) is 104 cm³/mol. The Morgan fingerprint density at radius 2 is 1.92 bits per heavy atom. The monoisotopic (exact) mass is 395 g/mol. The van der Waals surface area contributed by atoms with E-state index in [1.165, 1.54) is 38.4 Å². The summed E-state index contributed by atoms with van der Waals surface area (Å²) in [7, 11) is 3.04. The van der Waals surface area contributed by atoms with Crippen molar-refractivity contribution in [2.45, 2.75) is 32.1 Å². The van der Waals surface area contributed by atoms with Gasteiger partial charge in [0.15, 0.2) is 11.5 Å². The number of ether oxygens (including phenoxy) is 2. The number of benzene rings is 1. The van der Waals surface area contributed by atoms with Crippen LogP contribution in [-0.2, 0) is 4.79 Å². The molecule has 0 bridgehead atoms. The molecule has 1 aliphatic carbocycles. The molecule has 0 unspecified atom stereocenters. The lowest BCUT2D eigenvalue weighted by atomic mass is 9.89. The highest BCUT2D eigenvalue weighted by Crippen LogP contribution is 2.39. The van der Waals surface area contributed by atoms with Gasteiger partial charge in [-0.05, 0) is 54.3 Å². The molecule has 0 radical (unpaired) electrons. The summed E-state index contributed by atoms with van der Waals surface area (Å²) in [5, 5.41) is 0.193. The number of imide groups is 1. The second-order valence-electron chi connectivity index (χ2n) is 6.53. The molecule has 1 aromatic carbocycles. The molecule has 1 aliphatic heterocycles. The fourth-order valence-corrected chi connectivity index (χ4v) is 4.60. The fourth-order valence-electron chi connectivity index (χ4n) is 3.46. The summed E-state index contributed by atoms with van der Waals surface area (Å²) < 4.78 is 10.5. The van der Waals surface area contributed by atoms with E-state index in [0.717, 1.165) is 24.6 Å². The zero-order valence-corrected chi connectivity index (χ0v) is 16.5. The molecule has 1 aromatic rings. The molecule has 1 heterocycles. The summed E-state index contributed by atoms with van der Waals surface area (Å²) in [6.45, 7) is 0.523. The van der Waals surface area contributed by atoms with Crippen molar-refractivity contribution in [3.05, 3.63) is 27.6 Å². The molecule has 5 nitrogen and oxygen atoms in total. The highest BCUT2D eigenvalue weighted by molar-refractivity contribution is 8.18. The minimum absolute atomic E-state index is 0.196. The smallest absolute Gasteiger partial charge is 0.293 e. The number of carbonyl (C=O) groups is 2. The second kappa shape index (κ2) is 8.35. The van der Waals surface area contributed by atoms with E-state index in [0.29, 0.717) is 39.5 Å². The van der Waals surface area contributed by atoms with Gasteiger partial charge in [-0.15, -0.1) is 0 Å². The predicted octanol–water partition coefficient (Wildman–Crippen LogP) is 4.97. The normalized spacial score (nSPS) is 20.1. The van der Waals surface area contributed by atoms with Crippen LogP contribution in [0.4, 0.5) is 4.79 Å². The van der Waals surface area contributed by atoms with Gasteiger partial charge < -0.3 is 9.47 Å². The van der Waals surface area contributed by atoms with Crippen LogP contribution < -0.4 is 9.47 Å². The summed E-state index contributed by atoms with van der Waals surface area (Å²) in [6, 6.07) is 3.43. The van der Waals surface area contributed by atoms with E-state index in [4.69, 9.17) is 21.1 Å². The van der Waals surface area contributed by atoms with E-state index < -0.39 is 0 Å². The number of methoxy groups -OCH3 is 2. The maximum atomic E-state index is 12.7. The van der Waals surface area contributed by atoms with Gasteiger partial charge in [-0.25, -0.2) is 0 Å². The van der Waals surface area contributed by atoms with Crippen LogP contribution in [0, 0.1) is 5.92 Å². The van der Waals surface area contributed by atoms with E-state index in [1.54, 1.807) is 18.2 Å². The molecule has 1 saturated carbocycles. The number of rotatable bonds is 5. The van der Waals surface area contributed by atoms with Crippen LogP contribution in [0.1, 0.15) is 37.7 Å². The summed E-state index contributed by atoms with van der Waals surface area (Å²) in [6.07, 6.45) is 7.47. The zero-order chi connectivity index (χ0) is 18.7. The quantitative estimate of drug-likeness (QED) is 0.658. The Labute approximate surface area is 162 Å². The van der Waals surface area contributed by atoms with Crippen LogP contribution in [0.5, 0.6) is 11.5 Å². The molecular formula is C19H22ClNO4S. The lowest BCUT2D eigenvalue weighted by Gasteiger charge is -2.25. The molecule has 0 spiro atoms. The van der Waals surface area contributed by atoms with Gasteiger partial charge in [-0.3, -0.25) is 14.5 Å². The Morgan fingerprint density at radius 3 is 2.58 bits per heavy atom. The molecule has 2 amide bonds. The van der Waals surface area contributed by atoms with E-state index in [1.807, 2.05) is 0 Å². The van der Waals surface area contributed by atoms with E-state index in [9.17, 15) is 9.59 Å². The molecule has 2 fully saturated rings. The van der Waals surface area contributed by atoms with Crippen molar-refractivity contribution in [2.75, 3.05) is 20.8 Å². The van der Waals surface area contributed by atoms with Gasteiger partial charge in [0.1, 0.15) is 0 Å². The molecule has 0 aromatic heterocycles. The highest BCUT2D eigenvalue weighted by atomic mass is 35.5. The van der Waals surface area contributed by atoms with Crippen LogP contribution in [0.3, 0.4) is 0 Å². The van der Waals surface area contributed by atoms with Crippen molar-refractivity contribution < 1.29 is 19.1 Å². The van der Waals surface area contributed by atoms with Gasteiger partial charge in [0.25, 0.3) is 11.1 Å². The highest BCUT2D eigenvalue weighted by Gasteiger charge is 2.36. The van der Waals surface area contributed by atoms with Gasteiger partial charge in [-0.1, -0.05) is 30.9 Å². The first-order valence-corrected chi connectivity index (χ1v) is 9.89. The number of carbonyl (C=O) groups excluding carboxylic acids is 2. The van der Waals surface area contributed by atoms with E-state index in [2.05, 4.69) is 0 Å². The second-order valence-corrected chi connectivity index (χ2v) is 7.93. The van der Waals surface area contributed by atoms with Crippen LogP contribution in [-0.4, -0.2) is 36.8 Å². The third-order valence-electron chi connectivity index (χ3n) is 4.79. The average Bonchev–Trinajstić information content (AvgIpc) is 2.89. The minimum Gasteiger partial charge on any atom is -0.493 e. The van der Waals surface area contributed by atoms with Crippen LogP contribution in [0.2, 0.25) is 5.02 Å². The van der Waals surface area contributed by atoms with Crippen LogP contribution >= 0.6 is 23.4 Å². The lowest BCUT2D eigenvalue weighted by Crippen LogP contribution is -2.34. The molecule has 3 rings (SSSR count). The molecular weight excluding hydrogens is 374 g/mol. The molecule has 0 N–H and O–H groups in total. The van der Waals surface area contributed by atoms with Gasteiger partial charge in [0.05, 0.1) is 24.1 Å². The van der Waals surface area contributed by atoms with Crippen molar-refractivity contribution >= 4 is 40.6 Å². The molecule has 1 saturated heterocycles. The third kappa shape index (κ3) is 4.01. The SMILES string of the molecule is COc1cc(/C=C2/SC(=O)N(CC3CCCCC3)C2=O)cc(Cl)c1OC. The fraction of sp³-hybridized carbons (Fsp3) is 0.474. The first-order valence-electron chi connectivity index (χ1n) is 8.70. The minimum atomic E-state index is -0.225. The number of hydrogen-bond donors (Lipinski definition) is 0. The Morgan fingerprint density at radius 1 is 1.19 bits per heavy atom. The number of thioether (sulfide) groups is 1. The summed E-state index contributed by atoms with van der Waals surface area (Å²) in [5.74, 6) is 1.12. The maximum absolute atomic E-state index is 12.7. The van der Waals surface area contributed by atoms with E-state index in [-0.39, 0.29) is 11.1 Å². The molecule has 26 heavy (non-hydrogen) atoms. The lowest BCUT2D eigenvalue weighted by molar-refractivity contribution is -0.123. The number of amides is 2. The summed E-state index contributed by atoms with van der Waals surface area (Å²) >= 11 is 7.20. The van der Waals surface area contributed by atoms with Crippen molar-refractivity contribution in [3.8, 4) is 11.5 Å².